The van der Waals surface area contributed by atoms with Crippen LogP contribution in [-0.2, 0) is 0 Å². The first kappa shape index (κ1) is 59.8. The fraction of sp³-hybridized carbons (Fsp3) is 0.200. The van der Waals surface area contributed by atoms with Crippen molar-refractivity contribution in [3.05, 3.63) is 285 Å². The first-order chi connectivity index (χ1) is 34.6. The van der Waals surface area contributed by atoms with E-state index >= 15 is 0 Å². The molecule has 0 aliphatic heterocycles. The average Bonchev–Trinajstić information content (AvgIpc) is 3.37. The molecule has 75 heavy (non-hydrogen) atoms. The molecule has 0 bridgehead atoms. The Morgan fingerprint density at radius 1 is 0.173 bits per heavy atom. The highest BCUT2D eigenvalue weighted by Gasteiger charge is 2.01. The summed E-state index contributed by atoms with van der Waals surface area (Å²) in [5.74, 6) is 0. The van der Waals surface area contributed by atoms with E-state index in [0.717, 1.165) is 0 Å². The Labute approximate surface area is 452 Å². The second-order valence-corrected chi connectivity index (χ2v) is 19.7. The van der Waals surface area contributed by atoms with E-state index in [4.69, 9.17) is 0 Å². The lowest BCUT2D eigenvalue weighted by Crippen LogP contribution is -1.81. The second-order valence-electron chi connectivity index (χ2n) is 19.7. The maximum atomic E-state index is 2.24. The largest absolute Gasteiger partial charge is 0.0776 e. The maximum absolute atomic E-state index is 2.24. The predicted molar refractivity (Wildman–Crippen MR) is 341 cm³/mol. The van der Waals surface area contributed by atoms with Gasteiger partial charge >= 0.3 is 0 Å². The lowest BCUT2D eigenvalue weighted by atomic mass is 10.0. The summed E-state index contributed by atoms with van der Waals surface area (Å²) in [6.07, 6.45) is 0. The van der Waals surface area contributed by atoms with Gasteiger partial charge < -0.3 is 0 Å². The van der Waals surface area contributed by atoms with Crippen LogP contribution in [0.4, 0.5) is 0 Å². The molecule has 0 unspecified atom stereocenters. The van der Waals surface area contributed by atoms with Crippen LogP contribution in [0.2, 0.25) is 0 Å². The fourth-order valence-electron chi connectivity index (χ4n) is 9.41. The van der Waals surface area contributed by atoms with Gasteiger partial charge in [0.05, 0.1) is 0 Å². The van der Waals surface area contributed by atoms with E-state index in [-0.39, 0.29) is 22.3 Å². The van der Waals surface area contributed by atoms with E-state index in [2.05, 4.69) is 301 Å². The zero-order chi connectivity index (χ0) is 51.3. The molecule has 0 radical (unpaired) electrons. The molecule has 12 rings (SSSR count). The minimum atomic E-state index is 0. The van der Waals surface area contributed by atoms with Crippen LogP contribution in [0.25, 0.3) is 64.6 Å². The summed E-state index contributed by atoms with van der Waals surface area (Å²) in [5.41, 5.74) is 16.2. The van der Waals surface area contributed by atoms with Crippen LogP contribution in [-0.4, -0.2) is 0 Å². The molecule has 0 N–H and O–H groups in total. The van der Waals surface area contributed by atoms with Gasteiger partial charge in [-0.25, -0.2) is 0 Å². The van der Waals surface area contributed by atoms with Crippen molar-refractivity contribution in [2.45, 2.75) is 105 Å². The summed E-state index contributed by atoms with van der Waals surface area (Å²) >= 11 is 0. The van der Waals surface area contributed by atoms with Gasteiger partial charge in [-0.05, 0) is 192 Å². The van der Waals surface area contributed by atoms with Crippen LogP contribution in [0.3, 0.4) is 0 Å². The van der Waals surface area contributed by atoms with Crippen LogP contribution in [0.15, 0.2) is 218 Å². The summed E-state index contributed by atoms with van der Waals surface area (Å²) in [7, 11) is 0. The predicted octanol–water partition coefficient (Wildman–Crippen LogP) is 22.6. The fourth-order valence-corrected chi connectivity index (χ4v) is 9.41. The topological polar surface area (TPSA) is 0 Å². The molecule has 0 aromatic heterocycles. The van der Waals surface area contributed by atoms with E-state index in [0.29, 0.717) is 0 Å². The van der Waals surface area contributed by atoms with Crippen molar-refractivity contribution in [1.82, 2.24) is 0 Å². The molecule has 384 valence electrons. The molecule has 0 aliphatic rings. The van der Waals surface area contributed by atoms with E-state index < -0.39 is 0 Å². The molecule has 0 atom stereocenters. The van der Waals surface area contributed by atoms with Gasteiger partial charge in [0, 0.05) is 0 Å². The zero-order valence-electron chi connectivity index (χ0n) is 44.8. The van der Waals surface area contributed by atoms with Crippen LogP contribution in [0.5, 0.6) is 0 Å². The molecule has 12 aromatic carbocycles. The van der Waals surface area contributed by atoms with Crippen LogP contribution in [0, 0.1) is 83.1 Å². The van der Waals surface area contributed by atoms with E-state index in [1.807, 2.05) is 0 Å². The maximum Gasteiger partial charge on any atom is -0.0125 e. The molecule has 0 saturated carbocycles. The summed E-state index contributed by atoms with van der Waals surface area (Å²) in [4.78, 5) is 0. The molecular weight excluding hydrogens is 901 g/mol. The van der Waals surface area contributed by atoms with Gasteiger partial charge in [-0.3, -0.25) is 0 Å². The molecule has 0 saturated heterocycles. The van der Waals surface area contributed by atoms with Gasteiger partial charge in [0.25, 0.3) is 0 Å². The molecule has 0 nitrogen and oxygen atoms in total. The average molecular weight is 985 g/mol. The quantitative estimate of drug-likeness (QED) is 0.142. The van der Waals surface area contributed by atoms with Gasteiger partial charge in [0.2, 0.25) is 0 Å². The Bertz CT molecular complexity index is 3500. The molecule has 0 fully saturated rings. The standard InChI is InChI=1S/6C12H12.3CH4/c1-9-3-5-12-8-10(2)4-6-11(12)7-9;1-9-3-5-11-6-4-10(2)8-12(11)7-9;1-9-5-3-8-12-10(2)6-4-7-11(9)12;1-9-5-3-7-11-8-4-6-10(2)12(9)11;1-9-7-11-5-3-4-6-12(11)8-10(9)2;1-9-7-8-10(2)12-6-4-3-5-11(9)12;;;/h6*3-8H,1-2H3;3*1H4. The number of hydrogen-bond acceptors (Lipinski definition) is 0. The van der Waals surface area contributed by atoms with E-state index in [1.165, 1.54) is 131 Å². The van der Waals surface area contributed by atoms with Crippen LogP contribution < -0.4 is 0 Å². The molecular formula is C75H84. The Morgan fingerprint density at radius 2 is 0.440 bits per heavy atom. The monoisotopic (exact) mass is 985 g/mol. The third-order valence-electron chi connectivity index (χ3n) is 13.7. The van der Waals surface area contributed by atoms with Crippen molar-refractivity contribution in [3.8, 4) is 0 Å². The number of fused-ring (bicyclic) bond motifs is 6. The third kappa shape index (κ3) is 15.9. The Hall–Kier alpha value is -7.80. The van der Waals surface area contributed by atoms with Crippen LogP contribution >= 0.6 is 0 Å². The van der Waals surface area contributed by atoms with Gasteiger partial charge in [0.1, 0.15) is 0 Å². The molecule has 0 aliphatic carbocycles. The van der Waals surface area contributed by atoms with E-state index in [1.54, 1.807) is 0 Å². The summed E-state index contributed by atoms with van der Waals surface area (Å²) < 4.78 is 0. The van der Waals surface area contributed by atoms with Gasteiger partial charge in [-0.15, -0.1) is 0 Å². The minimum absolute atomic E-state index is 0. The summed E-state index contributed by atoms with van der Waals surface area (Å²) in [5, 5.41) is 16.2. The Balaban J connectivity index is 0.000000193. The molecule has 0 spiro atoms. The van der Waals surface area contributed by atoms with Gasteiger partial charge in [-0.2, -0.15) is 0 Å². The lowest BCUT2D eigenvalue weighted by Gasteiger charge is -2.04. The second kappa shape index (κ2) is 28.0. The van der Waals surface area contributed by atoms with Crippen molar-refractivity contribution < 1.29 is 0 Å². The smallest absolute Gasteiger partial charge is 0.0125 e. The number of benzene rings is 12. The molecule has 0 heteroatoms. The van der Waals surface area contributed by atoms with E-state index in [9.17, 15) is 0 Å². The number of hydrogen-bond donors (Lipinski definition) is 0. The number of rotatable bonds is 0. The minimum Gasteiger partial charge on any atom is -0.0776 e. The van der Waals surface area contributed by atoms with Crippen molar-refractivity contribution in [2.75, 3.05) is 0 Å². The molecule has 0 heterocycles. The normalized spacial score (nSPS) is 10.1. The van der Waals surface area contributed by atoms with Gasteiger partial charge in [0.15, 0.2) is 0 Å². The molecule has 12 aromatic rings. The van der Waals surface area contributed by atoms with Crippen molar-refractivity contribution in [1.29, 1.82) is 0 Å². The zero-order valence-corrected chi connectivity index (χ0v) is 44.8. The van der Waals surface area contributed by atoms with Crippen molar-refractivity contribution >= 4 is 64.6 Å². The van der Waals surface area contributed by atoms with Crippen molar-refractivity contribution in [2.24, 2.45) is 0 Å². The highest BCUT2D eigenvalue weighted by atomic mass is 14.1. The lowest BCUT2D eigenvalue weighted by molar-refractivity contribution is 1.37. The first-order valence-electron chi connectivity index (χ1n) is 25.4. The third-order valence-corrected chi connectivity index (χ3v) is 13.7. The SMILES string of the molecule is C.C.C.Cc1cc2ccccc2cc1C.Cc1ccc(C)c2ccccc12.Cc1ccc2cc(C)ccc2c1.Cc1ccc2ccc(C)cc2c1.Cc1cccc2c(C)cccc12.Cc1cccc2cccc(C)c12. The molecule has 0 amide bonds. The van der Waals surface area contributed by atoms with Gasteiger partial charge in [-0.1, -0.05) is 263 Å². The highest BCUT2D eigenvalue weighted by Crippen LogP contribution is 2.24. The number of aryl methyl sites for hydroxylation is 12. The Kier molecular flexibility index (Phi) is 22.3. The summed E-state index contributed by atoms with van der Waals surface area (Å²) in [6, 6.07) is 77.8. The first-order valence-corrected chi connectivity index (χ1v) is 25.4. The van der Waals surface area contributed by atoms with Crippen LogP contribution in [0.1, 0.15) is 89.0 Å². The summed E-state index contributed by atoms with van der Waals surface area (Å²) in [6.45, 7) is 25.8. The van der Waals surface area contributed by atoms with Crippen molar-refractivity contribution in [3.63, 3.8) is 0 Å². The Morgan fingerprint density at radius 3 is 0.813 bits per heavy atom. The highest BCUT2D eigenvalue weighted by molar-refractivity contribution is 5.90.